The lowest BCUT2D eigenvalue weighted by atomic mass is 10.2. The van der Waals surface area contributed by atoms with Crippen LogP contribution in [0.2, 0.25) is 0 Å². The van der Waals surface area contributed by atoms with Gasteiger partial charge in [0.25, 0.3) is 0 Å². The van der Waals surface area contributed by atoms with E-state index in [-0.39, 0.29) is 24.0 Å². The number of nitrogens with one attached hydrogen (secondary N) is 2. The van der Waals surface area contributed by atoms with Gasteiger partial charge in [-0.1, -0.05) is 25.0 Å². The van der Waals surface area contributed by atoms with E-state index in [4.69, 9.17) is 4.74 Å². The van der Waals surface area contributed by atoms with Crippen LogP contribution < -0.4 is 20.3 Å². The zero-order valence-corrected chi connectivity index (χ0v) is 16.9. The van der Waals surface area contributed by atoms with Crippen molar-refractivity contribution in [2.45, 2.75) is 51.6 Å². The second-order valence-electron chi connectivity index (χ2n) is 7.54. The summed E-state index contributed by atoms with van der Waals surface area (Å²) >= 11 is 0. The van der Waals surface area contributed by atoms with Gasteiger partial charge < -0.3 is 15.0 Å². The van der Waals surface area contributed by atoms with Gasteiger partial charge in [0.1, 0.15) is 5.75 Å². The first-order chi connectivity index (χ1) is 13.6. The average Bonchev–Trinajstić information content (AvgIpc) is 3.21. The van der Waals surface area contributed by atoms with Crippen molar-refractivity contribution in [3.05, 3.63) is 24.3 Å². The predicted octanol–water partition coefficient (Wildman–Crippen LogP) is 2.36. The highest BCUT2D eigenvalue weighted by Crippen LogP contribution is 2.29. The summed E-state index contributed by atoms with van der Waals surface area (Å²) in [7, 11) is 0. The van der Waals surface area contributed by atoms with Crippen molar-refractivity contribution in [1.29, 1.82) is 0 Å². The zero-order chi connectivity index (χ0) is 19.9. The number of nitrogens with zero attached hydrogens (tertiary/aromatic N) is 2. The Morgan fingerprint density at radius 1 is 1.14 bits per heavy atom. The fourth-order valence-electron chi connectivity index (χ4n) is 4.02. The molecule has 154 valence electrons. The third kappa shape index (κ3) is 5.16. The quantitative estimate of drug-likeness (QED) is 0.783. The van der Waals surface area contributed by atoms with Crippen molar-refractivity contribution >= 4 is 17.6 Å². The molecule has 7 heteroatoms. The maximum atomic E-state index is 12.5. The number of carbonyl (C=O) groups is 2. The molecular weight excluding hydrogens is 356 g/mol. The normalized spacial score (nSPS) is 19.3. The van der Waals surface area contributed by atoms with E-state index < -0.39 is 0 Å². The van der Waals surface area contributed by atoms with Crippen molar-refractivity contribution in [2.75, 3.05) is 37.7 Å². The smallest absolute Gasteiger partial charge is 0.321 e. The molecule has 1 aromatic carbocycles. The van der Waals surface area contributed by atoms with Gasteiger partial charge >= 0.3 is 6.03 Å². The summed E-state index contributed by atoms with van der Waals surface area (Å²) in [6.45, 7) is 7.64. The third-order valence-corrected chi connectivity index (χ3v) is 5.67. The van der Waals surface area contributed by atoms with Crippen LogP contribution in [0.3, 0.4) is 0 Å². The molecule has 1 heterocycles. The second kappa shape index (κ2) is 9.78. The first kappa shape index (κ1) is 20.5. The van der Waals surface area contributed by atoms with Gasteiger partial charge in [-0.15, -0.1) is 0 Å². The van der Waals surface area contributed by atoms with Gasteiger partial charge in [-0.3, -0.25) is 15.0 Å². The number of anilines is 1. The SMILES string of the molecule is CCOc1ccccc1N1CCN([C@@H](C)C(=O)NC(=O)NC2CCCC2)CC1. The van der Waals surface area contributed by atoms with Crippen LogP contribution in [-0.4, -0.2) is 61.7 Å². The van der Waals surface area contributed by atoms with E-state index in [0.29, 0.717) is 6.61 Å². The van der Waals surface area contributed by atoms with Crippen LogP contribution >= 0.6 is 0 Å². The van der Waals surface area contributed by atoms with Gasteiger partial charge in [0.2, 0.25) is 5.91 Å². The van der Waals surface area contributed by atoms with Crippen molar-refractivity contribution in [2.24, 2.45) is 0 Å². The number of hydrogen-bond donors (Lipinski definition) is 2. The summed E-state index contributed by atoms with van der Waals surface area (Å²) < 4.78 is 5.74. The van der Waals surface area contributed by atoms with E-state index in [2.05, 4.69) is 26.5 Å². The summed E-state index contributed by atoms with van der Waals surface area (Å²) in [5, 5.41) is 5.41. The lowest BCUT2D eigenvalue weighted by Gasteiger charge is -2.38. The molecule has 1 aromatic rings. The van der Waals surface area contributed by atoms with Gasteiger partial charge in [0.05, 0.1) is 18.3 Å². The molecule has 7 nitrogen and oxygen atoms in total. The number of carbonyl (C=O) groups excluding carboxylic acids is 2. The Balaban J connectivity index is 1.48. The maximum Gasteiger partial charge on any atom is 0.321 e. The molecule has 2 aliphatic rings. The van der Waals surface area contributed by atoms with Crippen molar-refractivity contribution in [3.63, 3.8) is 0 Å². The lowest BCUT2D eigenvalue weighted by Crippen LogP contribution is -2.56. The highest BCUT2D eigenvalue weighted by molar-refractivity contribution is 5.96. The average molecular weight is 389 g/mol. The van der Waals surface area contributed by atoms with Gasteiger partial charge in [-0.2, -0.15) is 0 Å². The first-order valence-electron chi connectivity index (χ1n) is 10.4. The Labute approximate surface area is 167 Å². The van der Waals surface area contributed by atoms with Crippen LogP contribution in [0.5, 0.6) is 5.75 Å². The van der Waals surface area contributed by atoms with E-state index in [1.165, 1.54) is 0 Å². The molecule has 0 bridgehead atoms. The van der Waals surface area contributed by atoms with Gasteiger partial charge in [-0.25, -0.2) is 4.79 Å². The molecule has 1 aliphatic carbocycles. The van der Waals surface area contributed by atoms with E-state index in [1.54, 1.807) is 0 Å². The molecule has 0 spiro atoms. The summed E-state index contributed by atoms with van der Waals surface area (Å²) in [6.07, 6.45) is 4.29. The standard InChI is InChI=1S/C21H32N4O3/c1-3-28-19-11-7-6-10-18(19)25-14-12-24(13-15-25)16(2)20(26)23-21(27)22-17-8-4-5-9-17/h6-7,10-11,16-17H,3-5,8-9,12-15H2,1-2H3,(H2,22,23,26,27)/t16-/m0/s1. The minimum Gasteiger partial charge on any atom is -0.492 e. The fourth-order valence-corrected chi connectivity index (χ4v) is 4.02. The van der Waals surface area contributed by atoms with Crippen LogP contribution in [0.25, 0.3) is 0 Å². The van der Waals surface area contributed by atoms with Gasteiger partial charge in [-0.05, 0) is 38.8 Å². The maximum absolute atomic E-state index is 12.5. The highest BCUT2D eigenvalue weighted by Gasteiger charge is 2.28. The molecule has 3 amide bonds. The number of rotatable bonds is 6. The number of piperazine rings is 1. The molecule has 1 saturated heterocycles. The summed E-state index contributed by atoms with van der Waals surface area (Å²) in [5.41, 5.74) is 1.09. The molecule has 1 aliphatic heterocycles. The number of imide groups is 1. The number of amides is 3. The number of para-hydroxylation sites is 2. The lowest BCUT2D eigenvalue weighted by molar-refractivity contribution is -0.124. The van der Waals surface area contributed by atoms with E-state index in [9.17, 15) is 9.59 Å². The summed E-state index contributed by atoms with van der Waals surface area (Å²) in [5.74, 6) is 0.659. The van der Waals surface area contributed by atoms with Crippen LogP contribution in [-0.2, 0) is 4.79 Å². The minimum absolute atomic E-state index is 0.206. The minimum atomic E-state index is -0.368. The number of benzene rings is 1. The van der Waals surface area contributed by atoms with E-state index >= 15 is 0 Å². The van der Waals surface area contributed by atoms with Crippen molar-refractivity contribution < 1.29 is 14.3 Å². The Bertz CT molecular complexity index is 667. The monoisotopic (exact) mass is 388 g/mol. The van der Waals surface area contributed by atoms with Crippen LogP contribution in [0.1, 0.15) is 39.5 Å². The molecule has 2 N–H and O–H groups in total. The largest absolute Gasteiger partial charge is 0.492 e. The molecule has 1 atom stereocenters. The number of ether oxygens (including phenoxy) is 1. The molecule has 0 unspecified atom stereocenters. The third-order valence-electron chi connectivity index (χ3n) is 5.67. The van der Waals surface area contributed by atoms with Crippen molar-refractivity contribution in [1.82, 2.24) is 15.5 Å². The number of urea groups is 1. The second-order valence-corrected chi connectivity index (χ2v) is 7.54. The molecule has 0 aromatic heterocycles. The summed E-state index contributed by atoms with van der Waals surface area (Å²) in [6, 6.07) is 7.56. The molecule has 1 saturated carbocycles. The molecular formula is C21H32N4O3. The molecule has 0 radical (unpaired) electrons. The number of hydrogen-bond acceptors (Lipinski definition) is 5. The van der Waals surface area contributed by atoms with Crippen LogP contribution in [0.4, 0.5) is 10.5 Å². The topological polar surface area (TPSA) is 73.9 Å². The highest BCUT2D eigenvalue weighted by atomic mass is 16.5. The molecule has 2 fully saturated rings. The predicted molar refractivity (Wildman–Crippen MR) is 110 cm³/mol. The van der Waals surface area contributed by atoms with Gasteiger partial charge in [0, 0.05) is 32.2 Å². The van der Waals surface area contributed by atoms with Crippen LogP contribution in [0.15, 0.2) is 24.3 Å². The van der Waals surface area contributed by atoms with E-state index in [1.807, 2.05) is 32.0 Å². The zero-order valence-electron chi connectivity index (χ0n) is 16.9. The van der Waals surface area contributed by atoms with Gasteiger partial charge in [0.15, 0.2) is 0 Å². The Kier molecular flexibility index (Phi) is 7.14. The van der Waals surface area contributed by atoms with Crippen LogP contribution in [0, 0.1) is 0 Å². The Morgan fingerprint density at radius 3 is 2.50 bits per heavy atom. The molecule has 28 heavy (non-hydrogen) atoms. The van der Waals surface area contributed by atoms with Crippen molar-refractivity contribution in [3.8, 4) is 5.75 Å². The Morgan fingerprint density at radius 2 is 1.82 bits per heavy atom. The fraction of sp³-hybridized carbons (Fsp3) is 0.619. The first-order valence-corrected chi connectivity index (χ1v) is 10.4. The molecule has 3 rings (SSSR count). The Hall–Kier alpha value is -2.28. The summed E-state index contributed by atoms with van der Waals surface area (Å²) in [4.78, 5) is 28.9. The van der Waals surface area contributed by atoms with E-state index in [0.717, 1.165) is 63.3 Å².